The molecule has 3 rings (SSSR count). The van der Waals surface area contributed by atoms with Gasteiger partial charge in [-0.05, 0) is 55.6 Å². The molecule has 0 spiro atoms. The Balaban J connectivity index is 1.56. The van der Waals surface area contributed by atoms with Gasteiger partial charge in [-0.15, -0.1) is 0 Å². The Hall–Kier alpha value is -2.11. The molecule has 2 aromatic rings. The maximum Gasteiger partial charge on any atom is 0.219 e. The number of hydrogen-bond acceptors (Lipinski definition) is 6. The fourth-order valence-electron chi connectivity index (χ4n) is 3.99. The second-order valence-corrected chi connectivity index (χ2v) is 8.78. The van der Waals surface area contributed by atoms with Crippen LogP contribution in [0.5, 0.6) is 0 Å². The minimum atomic E-state index is 0.105. The van der Waals surface area contributed by atoms with E-state index in [1.54, 1.807) is 24.1 Å². The van der Waals surface area contributed by atoms with Crippen molar-refractivity contribution in [1.82, 2.24) is 14.8 Å². The number of pyridine rings is 1. The third-order valence-corrected chi connectivity index (χ3v) is 6.80. The molecule has 1 saturated carbocycles. The topological polar surface area (TPSA) is 85.4 Å². The van der Waals surface area contributed by atoms with Crippen LogP contribution in [-0.4, -0.2) is 59.5 Å². The van der Waals surface area contributed by atoms with Gasteiger partial charge in [-0.25, -0.2) is 4.98 Å². The predicted molar refractivity (Wildman–Crippen MR) is 117 cm³/mol. The van der Waals surface area contributed by atoms with E-state index < -0.39 is 0 Å². The first-order chi connectivity index (χ1) is 13.8. The Bertz CT molecular complexity index is 914. The van der Waals surface area contributed by atoms with Crippen LogP contribution in [0.2, 0.25) is 0 Å². The molecule has 0 saturated heterocycles. The molecule has 1 aliphatic carbocycles. The Morgan fingerprint density at radius 3 is 2.72 bits per heavy atom. The lowest BCUT2D eigenvalue weighted by molar-refractivity contribution is -0.129. The molecule has 2 aromatic heterocycles. The number of amides is 1. The van der Waals surface area contributed by atoms with E-state index in [4.69, 9.17) is 9.68 Å². The van der Waals surface area contributed by atoms with E-state index in [2.05, 4.69) is 45.1 Å². The average molecular weight is 462 g/mol. The van der Waals surface area contributed by atoms with Crippen LogP contribution in [0.4, 0.5) is 5.82 Å². The quantitative estimate of drug-likeness (QED) is 0.699. The first-order valence-corrected chi connectivity index (χ1v) is 10.8. The molecular formula is C21H28BrN5O2. The molecule has 0 aliphatic heterocycles. The number of likely N-dealkylation sites (N-methyl/N-ethyl adjacent to an activating group) is 2. The highest BCUT2D eigenvalue weighted by atomic mass is 79.9. The maximum atomic E-state index is 11.6. The van der Waals surface area contributed by atoms with Gasteiger partial charge in [0.25, 0.3) is 0 Å². The summed E-state index contributed by atoms with van der Waals surface area (Å²) in [4.78, 5) is 20.2. The van der Waals surface area contributed by atoms with Crippen molar-refractivity contribution in [3.05, 3.63) is 22.5 Å². The molecule has 8 heteroatoms. The zero-order valence-corrected chi connectivity index (χ0v) is 19.0. The van der Waals surface area contributed by atoms with Gasteiger partial charge in [0.1, 0.15) is 11.9 Å². The minimum absolute atomic E-state index is 0.105. The summed E-state index contributed by atoms with van der Waals surface area (Å²) in [6, 6.07) is 4.85. The highest BCUT2D eigenvalue weighted by Gasteiger charge is 2.26. The van der Waals surface area contributed by atoms with Gasteiger partial charge in [-0.1, -0.05) is 0 Å². The zero-order valence-electron chi connectivity index (χ0n) is 17.4. The van der Waals surface area contributed by atoms with Gasteiger partial charge in [-0.2, -0.15) is 5.26 Å². The van der Waals surface area contributed by atoms with Crippen molar-refractivity contribution in [2.45, 2.75) is 57.7 Å². The van der Waals surface area contributed by atoms with Crippen molar-refractivity contribution in [2.75, 3.05) is 26.0 Å². The van der Waals surface area contributed by atoms with Crippen LogP contribution in [0.15, 0.2) is 21.2 Å². The number of nitrogens with one attached hydrogen (secondary N) is 1. The Kier molecular flexibility index (Phi) is 6.81. The van der Waals surface area contributed by atoms with E-state index in [0.717, 1.165) is 47.9 Å². The minimum Gasteiger partial charge on any atom is -0.444 e. The number of hydrogen-bond donors (Lipinski definition) is 1. The smallest absolute Gasteiger partial charge is 0.219 e. The summed E-state index contributed by atoms with van der Waals surface area (Å²) in [5.41, 5.74) is 0.606. The lowest BCUT2D eigenvalue weighted by Gasteiger charge is -2.37. The van der Waals surface area contributed by atoms with Gasteiger partial charge in [0.15, 0.2) is 5.58 Å². The predicted octanol–water partition coefficient (Wildman–Crippen LogP) is 3.98. The third kappa shape index (κ3) is 4.90. The van der Waals surface area contributed by atoms with E-state index in [1.807, 2.05) is 13.1 Å². The largest absolute Gasteiger partial charge is 0.444 e. The lowest BCUT2D eigenvalue weighted by Crippen LogP contribution is -2.46. The molecule has 2 heterocycles. The highest BCUT2D eigenvalue weighted by Crippen LogP contribution is 2.33. The number of nitriles is 1. The van der Waals surface area contributed by atoms with Crippen LogP contribution in [0.25, 0.3) is 11.0 Å². The van der Waals surface area contributed by atoms with Gasteiger partial charge in [0.05, 0.1) is 10.7 Å². The number of carbonyl (C=O) groups is 1. The third-order valence-electron chi connectivity index (χ3n) is 6.00. The first kappa shape index (κ1) is 21.6. The number of rotatable bonds is 6. The molecule has 1 atom stereocenters. The van der Waals surface area contributed by atoms with Crippen molar-refractivity contribution in [1.29, 1.82) is 5.26 Å². The molecule has 1 unspecified atom stereocenters. The Morgan fingerprint density at radius 1 is 1.41 bits per heavy atom. The zero-order chi connectivity index (χ0) is 21.1. The number of nitrogens with zero attached hydrogens (tertiary/aromatic N) is 4. The summed E-state index contributed by atoms with van der Waals surface area (Å²) in [6.07, 6.45) is 6.00. The second-order valence-electron chi connectivity index (χ2n) is 7.99. The van der Waals surface area contributed by atoms with Gasteiger partial charge in [0.2, 0.25) is 11.7 Å². The van der Waals surface area contributed by atoms with Crippen LogP contribution in [0.1, 0.15) is 45.3 Å². The van der Waals surface area contributed by atoms with Crippen LogP contribution in [0, 0.1) is 11.3 Å². The Labute approximate surface area is 180 Å². The number of aromatic nitrogens is 1. The van der Waals surface area contributed by atoms with Crippen molar-refractivity contribution >= 4 is 38.6 Å². The number of carbonyl (C=O) groups excluding carboxylic acids is 1. The van der Waals surface area contributed by atoms with Gasteiger partial charge >= 0.3 is 0 Å². The normalized spacial score (nSPS) is 20.4. The molecule has 0 radical (unpaired) electrons. The molecular weight excluding hydrogens is 434 g/mol. The average Bonchev–Trinajstić information content (AvgIpc) is 3.14. The fraction of sp³-hybridized carbons (Fsp3) is 0.571. The van der Waals surface area contributed by atoms with Gasteiger partial charge in [-0.3, -0.25) is 4.79 Å². The molecule has 156 valence electrons. The molecule has 0 aromatic carbocycles. The van der Waals surface area contributed by atoms with Crippen molar-refractivity contribution in [2.24, 2.45) is 0 Å². The van der Waals surface area contributed by atoms with E-state index in [-0.39, 0.29) is 17.7 Å². The molecule has 1 N–H and O–H groups in total. The SMILES string of the molecule is CC(=O)N(C)C(C)CN(C)C1CCC(Nc2ncc3oc(C#N)cc3c2Br)CC1. The second kappa shape index (κ2) is 9.14. The molecule has 7 nitrogen and oxygen atoms in total. The van der Waals surface area contributed by atoms with Crippen LogP contribution in [-0.2, 0) is 4.79 Å². The first-order valence-electron chi connectivity index (χ1n) is 9.98. The van der Waals surface area contributed by atoms with E-state index in [1.165, 1.54) is 0 Å². The summed E-state index contributed by atoms with van der Waals surface area (Å²) in [5.74, 6) is 1.18. The summed E-state index contributed by atoms with van der Waals surface area (Å²) in [7, 11) is 4.02. The summed E-state index contributed by atoms with van der Waals surface area (Å²) in [5, 5.41) is 13.4. The van der Waals surface area contributed by atoms with Gasteiger partial charge in [0, 0.05) is 50.1 Å². The van der Waals surface area contributed by atoms with E-state index in [9.17, 15) is 4.79 Å². The molecule has 29 heavy (non-hydrogen) atoms. The summed E-state index contributed by atoms with van der Waals surface area (Å²) < 4.78 is 6.27. The molecule has 0 bridgehead atoms. The van der Waals surface area contributed by atoms with E-state index >= 15 is 0 Å². The van der Waals surface area contributed by atoms with Crippen molar-refractivity contribution < 1.29 is 9.21 Å². The maximum absolute atomic E-state index is 11.6. The number of halogens is 1. The van der Waals surface area contributed by atoms with Crippen molar-refractivity contribution in [3.63, 3.8) is 0 Å². The van der Waals surface area contributed by atoms with Crippen LogP contribution < -0.4 is 5.32 Å². The standard InChI is InChI=1S/C21H28BrN5O2/c1-13(27(4)14(2)28)12-26(3)16-7-5-15(6-8-16)25-21-20(22)18-9-17(10-23)29-19(18)11-24-21/h9,11,13,15-16H,5-8,12H2,1-4H3,(H,24,25). The number of fused-ring (bicyclic) bond motifs is 1. The number of anilines is 1. The molecule has 1 amide bonds. The number of furan rings is 1. The monoisotopic (exact) mass is 461 g/mol. The summed E-state index contributed by atoms with van der Waals surface area (Å²) >= 11 is 3.60. The molecule has 1 fully saturated rings. The Morgan fingerprint density at radius 2 is 2.10 bits per heavy atom. The van der Waals surface area contributed by atoms with Crippen molar-refractivity contribution in [3.8, 4) is 6.07 Å². The van der Waals surface area contributed by atoms with E-state index in [0.29, 0.717) is 17.7 Å². The lowest BCUT2D eigenvalue weighted by atomic mass is 9.90. The fourth-order valence-corrected chi connectivity index (χ4v) is 4.52. The highest BCUT2D eigenvalue weighted by molar-refractivity contribution is 9.10. The van der Waals surface area contributed by atoms with Crippen LogP contribution >= 0.6 is 15.9 Å². The molecule has 1 aliphatic rings. The summed E-state index contributed by atoms with van der Waals surface area (Å²) in [6.45, 7) is 4.59. The van der Waals surface area contributed by atoms with Crippen LogP contribution in [0.3, 0.4) is 0 Å². The van der Waals surface area contributed by atoms with Gasteiger partial charge < -0.3 is 19.5 Å².